The molecule has 3 rings (SSSR count). The second-order valence-corrected chi connectivity index (χ2v) is 7.91. The van der Waals surface area contributed by atoms with Gasteiger partial charge in [-0.05, 0) is 49.6 Å². The fourth-order valence-corrected chi connectivity index (χ4v) is 3.89. The second-order valence-electron chi connectivity index (χ2n) is 7.47. The normalized spacial score (nSPS) is 19.3. The van der Waals surface area contributed by atoms with E-state index in [1.165, 1.54) is 0 Å². The number of pyridine rings is 1. The van der Waals surface area contributed by atoms with Crippen molar-refractivity contribution in [3.63, 3.8) is 0 Å². The number of hydrogen-bond acceptors (Lipinski definition) is 4. The van der Waals surface area contributed by atoms with Crippen LogP contribution in [0.1, 0.15) is 35.2 Å². The van der Waals surface area contributed by atoms with E-state index in [9.17, 15) is 9.59 Å². The predicted molar refractivity (Wildman–Crippen MR) is 107 cm³/mol. The van der Waals surface area contributed by atoms with Gasteiger partial charge in [0, 0.05) is 42.3 Å². The van der Waals surface area contributed by atoms with Crippen LogP contribution in [-0.4, -0.2) is 41.4 Å². The molecule has 2 aromatic rings. The van der Waals surface area contributed by atoms with Gasteiger partial charge in [0.15, 0.2) is 0 Å². The molecule has 0 unspecified atom stereocenters. The van der Waals surface area contributed by atoms with E-state index in [0.29, 0.717) is 29.4 Å². The van der Waals surface area contributed by atoms with Gasteiger partial charge in [0.25, 0.3) is 5.91 Å². The summed E-state index contributed by atoms with van der Waals surface area (Å²) < 4.78 is 5.94. The molecular weight excluding hydrogens is 378 g/mol. The zero-order valence-electron chi connectivity index (χ0n) is 15.9. The summed E-state index contributed by atoms with van der Waals surface area (Å²) in [6.45, 7) is 3.22. The maximum atomic E-state index is 13.0. The lowest BCUT2D eigenvalue weighted by Gasteiger charge is -2.42. The predicted octanol–water partition coefficient (Wildman–Crippen LogP) is 3.22. The lowest BCUT2D eigenvalue weighted by atomic mass is 9.77. The minimum absolute atomic E-state index is 0.0903. The number of nitrogens with two attached hydrogens (primary N) is 1. The Morgan fingerprint density at radius 2 is 2.14 bits per heavy atom. The highest BCUT2D eigenvalue weighted by Gasteiger charge is 2.39. The number of hydrogen-bond donors (Lipinski definition) is 1. The molecule has 1 saturated heterocycles. The van der Waals surface area contributed by atoms with Crippen LogP contribution in [0.3, 0.4) is 0 Å². The quantitative estimate of drug-likeness (QED) is 0.805. The Labute approximate surface area is 169 Å². The molecule has 148 valence electrons. The molecule has 0 bridgehead atoms. The van der Waals surface area contributed by atoms with Crippen LogP contribution in [0.15, 0.2) is 42.7 Å². The Hall–Kier alpha value is -2.60. The zero-order chi connectivity index (χ0) is 20.1. The first-order valence-electron chi connectivity index (χ1n) is 9.24. The van der Waals surface area contributed by atoms with Crippen LogP contribution in [0.2, 0.25) is 5.02 Å². The average Bonchev–Trinajstić information content (AvgIpc) is 2.66. The average molecular weight is 402 g/mol. The molecule has 6 nitrogen and oxygen atoms in total. The number of carbonyl (C=O) groups is 2. The first kappa shape index (κ1) is 20.1. The van der Waals surface area contributed by atoms with E-state index in [-0.39, 0.29) is 18.9 Å². The van der Waals surface area contributed by atoms with Crippen molar-refractivity contribution in [3.05, 3.63) is 58.9 Å². The number of likely N-dealkylation sites (tertiary alicyclic amines) is 1. The lowest BCUT2D eigenvalue weighted by Crippen LogP contribution is -2.50. The van der Waals surface area contributed by atoms with Gasteiger partial charge in [0.05, 0.1) is 12.2 Å². The standard InChI is InChI=1S/C21H24ClN3O3/c1-15-8-16(12-24-11-15)20(27)25-7-3-6-21(13-25,10-19(23)26)14-28-18-5-2-4-17(22)9-18/h2,4-5,8-9,11-12H,3,6-7,10,13-14H2,1H3,(H2,23,26)/t21-/m1/s1. The molecule has 2 amide bonds. The number of aryl methyl sites for hydroxylation is 1. The Morgan fingerprint density at radius 3 is 2.86 bits per heavy atom. The lowest BCUT2D eigenvalue weighted by molar-refractivity contribution is -0.122. The Balaban J connectivity index is 1.77. The van der Waals surface area contributed by atoms with Crippen molar-refractivity contribution in [2.24, 2.45) is 11.1 Å². The van der Waals surface area contributed by atoms with Crippen LogP contribution in [0.4, 0.5) is 0 Å². The van der Waals surface area contributed by atoms with Crippen LogP contribution in [0, 0.1) is 12.3 Å². The fraction of sp³-hybridized carbons (Fsp3) is 0.381. The minimum Gasteiger partial charge on any atom is -0.493 e. The monoisotopic (exact) mass is 401 g/mol. The topological polar surface area (TPSA) is 85.5 Å². The minimum atomic E-state index is -0.528. The number of carbonyl (C=O) groups excluding carboxylic acids is 2. The van der Waals surface area contributed by atoms with Crippen molar-refractivity contribution in [2.45, 2.75) is 26.2 Å². The first-order chi connectivity index (χ1) is 13.4. The summed E-state index contributed by atoms with van der Waals surface area (Å²) in [4.78, 5) is 30.6. The van der Waals surface area contributed by atoms with Crippen LogP contribution in [0.5, 0.6) is 5.75 Å². The third-order valence-corrected chi connectivity index (χ3v) is 5.20. The van der Waals surface area contributed by atoms with Crippen LogP contribution >= 0.6 is 11.6 Å². The summed E-state index contributed by atoms with van der Waals surface area (Å²) in [5.74, 6) is 0.136. The second kappa shape index (κ2) is 8.61. The van der Waals surface area contributed by atoms with E-state index < -0.39 is 11.3 Å². The van der Waals surface area contributed by atoms with E-state index in [1.807, 2.05) is 19.1 Å². The number of halogens is 1. The van der Waals surface area contributed by atoms with Crippen molar-refractivity contribution in [2.75, 3.05) is 19.7 Å². The summed E-state index contributed by atoms with van der Waals surface area (Å²) >= 11 is 6.02. The number of benzene rings is 1. The molecule has 1 aliphatic rings. The van der Waals surface area contributed by atoms with Crippen molar-refractivity contribution >= 4 is 23.4 Å². The largest absolute Gasteiger partial charge is 0.493 e. The molecule has 1 fully saturated rings. The fourth-order valence-electron chi connectivity index (χ4n) is 3.71. The molecule has 1 aromatic carbocycles. The van der Waals surface area contributed by atoms with Crippen LogP contribution in [0.25, 0.3) is 0 Å². The summed E-state index contributed by atoms with van der Waals surface area (Å²) in [5.41, 5.74) is 6.47. The van der Waals surface area contributed by atoms with Gasteiger partial charge in [-0.2, -0.15) is 0 Å². The van der Waals surface area contributed by atoms with Gasteiger partial charge in [-0.25, -0.2) is 0 Å². The summed E-state index contributed by atoms with van der Waals surface area (Å²) in [6.07, 6.45) is 4.97. The van der Waals surface area contributed by atoms with E-state index in [4.69, 9.17) is 22.1 Å². The van der Waals surface area contributed by atoms with Crippen molar-refractivity contribution in [3.8, 4) is 5.75 Å². The van der Waals surface area contributed by atoms with E-state index in [1.54, 1.807) is 35.5 Å². The van der Waals surface area contributed by atoms with Crippen molar-refractivity contribution in [1.82, 2.24) is 9.88 Å². The van der Waals surface area contributed by atoms with Crippen molar-refractivity contribution in [1.29, 1.82) is 0 Å². The van der Waals surface area contributed by atoms with Crippen LogP contribution in [-0.2, 0) is 4.79 Å². The molecule has 2 heterocycles. The van der Waals surface area contributed by atoms with Gasteiger partial charge in [0.2, 0.25) is 5.91 Å². The maximum absolute atomic E-state index is 13.0. The molecule has 1 aromatic heterocycles. The van der Waals surface area contributed by atoms with Gasteiger partial charge >= 0.3 is 0 Å². The van der Waals surface area contributed by atoms with Gasteiger partial charge in [-0.1, -0.05) is 17.7 Å². The molecule has 0 spiro atoms. The number of nitrogens with zero attached hydrogens (tertiary/aromatic N) is 2. The SMILES string of the molecule is Cc1cncc(C(=O)N2CCC[C@@](COc3cccc(Cl)c3)(CC(N)=O)C2)c1. The maximum Gasteiger partial charge on any atom is 0.255 e. The Bertz CT molecular complexity index is 873. The van der Waals surface area contributed by atoms with Crippen molar-refractivity contribution < 1.29 is 14.3 Å². The summed E-state index contributed by atoms with van der Waals surface area (Å²) in [7, 11) is 0. The first-order valence-corrected chi connectivity index (χ1v) is 9.62. The zero-order valence-corrected chi connectivity index (χ0v) is 16.6. The number of piperidine rings is 1. The van der Waals surface area contributed by atoms with Gasteiger partial charge in [-0.3, -0.25) is 14.6 Å². The molecule has 2 N–H and O–H groups in total. The third kappa shape index (κ3) is 5.01. The molecule has 1 atom stereocenters. The van der Waals surface area contributed by atoms with Gasteiger partial charge in [0.1, 0.15) is 5.75 Å². The number of ether oxygens (including phenoxy) is 1. The van der Waals surface area contributed by atoms with Crippen LogP contribution < -0.4 is 10.5 Å². The van der Waals surface area contributed by atoms with Gasteiger partial charge < -0.3 is 15.4 Å². The molecule has 0 radical (unpaired) electrons. The number of aromatic nitrogens is 1. The smallest absolute Gasteiger partial charge is 0.255 e. The summed E-state index contributed by atoms with van der Waals surface area (Å²) in [6, 6.07) is 8.93. The highest BCUT2D eigenvalue weighted by Crippen LogP contribution is 2.35. The van der Waals surface area contributed by atoms with E-state index in [0.717, 1.165) is 18.4 Å². The number of rotatable bonds is 6. The molecule has 7 heteroatoms. The highest BCUT2D eigenvalue weighted by atomic mass is 35.5. The number of primary amides is 1. The Morgan fingerprint density at radius 1 is 1.32 bits per heavy atom. The summed E-state index contributed by atoms with van der Waals surface area (Å²) in [5, 5.41) is 0.578. The van der Waals surface area contributed by atoms with Gasteiger partial charge in [-0.15, -0.1) is 0 Å². The number of amides is 2. The molecule has 0 aliphatic carbocycles. The Kier molecular flexibility index (Phi) is 6.19. The molecule has 28 heavy (non-hydrogen) atoms. The molecular formula is C21H24ClN3O3. The van der Waals surface area contributed by atoms with E-state index >= 15 is 0 Å². The molecule has 0 saturated carbocycles. The van der Waals surface area contributed by atoms with E-state index in [2.05, 4.69) is 4.98 Å². The molecule has 1 aliphatic heterocycles. The third-order valence-electron chi connectivity index (χ3n) is 4.96. The highest BCUT2D eigenvalue weighted by molar-refractivity contribution is 6.30.